The minimum absolute atomic E-state index is 0.716. The zero-order valence-corrected chi connectivity index (χ0v) is 13.3. The lowest BCUT2D eigenvalue weighted by atomic mass is 10.2. The van der Waals surface area contributed by atoms with E-state index < -0.39 is 0 Å². The number of para-hydroxylation sites is 2. The molecule has 0 unspecified atom stereocenters. The van der Waals surface area contributed by atoms with Crippen LogP contribution in [-0.2, 0) is 6.54 Å². The summed E-state index contributed by atoms with van der Waals surface area (Å²) in [6, 6.07) is 20.4. The van der Waals surface area contributed by atoms with Crippen molar-refractivity contribution in [3.63, 3.8) is 0 Å². The van der Waals surface area contributed by atoms with E-state index in [9.17, 15) is 0 Å². The molecule has 0 radical (unpaired) electrons. The van der Waals surface area contributed by atoms with E-state index >= 15 is 0 Å². The van der Waals surface area contributed by atoms with Crippen LogP contribution in [0.2, 0.25) is 5.02 Å². The van der Waals surface area contributed by atoms with Gasteiger partial charge in [0.25, 0.3) is 0 Å². The number of hydrogen-bond donors (Lipinski definition) is 0. The maximum Gasteiger partial charge on any atom is 0.151 e. The van der Waals surface area contributed by atoms with Crippen LogP contribution < -0.4 is 0 Å². The van der Waals surface area contributed by atoms with Crippen LogP contribution >= 0.6 is 22.9 Å². The van der Waals surface area contributed by atoms with Gasteiger partial charge in [0, 0.05) is 5.02 Å². The first kappa shape index (κ1) is 13.6. The maximum atomic E-state index is 6.34. The molecule has 0 amide bonds. The number of thiophene rings is 1. The summed E-state index contributed by atoms with van der Waals surface area (Å²) in [7, 11) is 0. The summed E-state index contributed by atoms with van der Waals surface area (Å²) in [5.74, 6) is 0.996. The summed E-state index contributed by atoms with van der Waals surface area (Å²) in [5, 5.41) is 2.87. The van der Waals surface area contributed by atoms with Gasteiger partial charge >= 0.3 is 0 Å². The first-order valence-corrected chi connectivity index (χ1v) is 8.31. The number of benzene rings is 2. The molecule has 0 fully saturated rings. The third-order valence-electron chi connectivity index (χ3n) is 3.68. The van der Waals surface area contributed by atoms with E-state index in [0.717, 1.165) is 27.4 Å². The second-order valence-electron chi connectivity index (χ2n) is 5.08. The topological polar surface area (TPSA) is 17.8 Å². The van der Waals surface area contributed by atoms with Crippen LogP contribution in [0.25, 0.3) is 21.7 Å². The van der Waals surface area contributed by atoms with Crippen molar-refractivity contribution in [1.29, 1.82) is 0 Å². The van der Waals surface area contributed by atoms with Gasteiger partial charge in [-0.2, -0.15) is 0 Å². The summed E-state index contributed by atoms with van der Waals surface area (Å²) < 4.78 is 2.24. The first-order valence-electron chi connectivity index (χ1n) is 7.05. The van der Waals surface area contributed by atoms with Crippen LogP contribution in [0, 0.1) is 0 Å². The van der Waals surface area contributed by atoms with Crippen molar-refractivity contribution in [3.05, 3.63) is 76.6 Å². The van der Waals surface area contributed by atoms with Crippen molar-refractivity contribution in [1.82, 2.24) is 9.55 Å². The highest BCUT2D eigenvalue weighted by Crippen LogP contribution is 2.29. The number of rotatable bonds is 3. The molecule has 4 rings (SSSR count). The van der Waals surface area contributed by atoms with Crippen molar-refractivity contribution in [2.24, 2.45) is 0 Å². The van der Waals surface area contributed by atoms with Crippen molar-refractivity contribution in [2.75, 3.05) is 0 Å². The summed E-state index contributed by atoms with van der Waals surface area (Å²) in [5.41, 5.74) is 3.24. The molecule has 0 aliphatic carbocycles. The number of fused-ring (bicyclic) bond motifs is 1. The molecule has 0 bridgehead atoms. The third-order valence-corrected chi connectivity index (χ3v) is 4.92. The molecule has 2 aromatic carbocycles. The largest absolute Gasteiger partial charge is 0.319 e. The molecular formula is C18H13ClN2S. The summed E-state index contributed by atoms with van der Waals surface area (Å²) in [6.07, 6.45) is 0. The molecule has 108 valence electrons. The molecule has 22 heavy (non-hydrogen) atoms. The molecule has 0 N–H and O–H groups in total. The van der Waals surface area contributed by atoms with E-state index in [0.29, 0.717) is 6.54 Å². The van der Waals surface area contributed by atoms with Gasteiger partial charge in [-0.1, -0.05) is 48.0 Å². The lowest BCUT2D eigenvalue weighted by Crippen LogP contribution is -2.02. The SMILES string of the molecule is Clc1ccccc1Cn1c(-c2cccs2)nc2ccccc21. The van der Waals surface area contributed by atoms with Crippen molar-refractivity contribution in [3.8, 4) is 10.7 Å². The summed E-state index contributed by atoms with van der Waals surface area (Å²) in [6.45, 7) is 0.716. The Balaban J connectivity index is 1.91. The second-order valence-corrected chi connectivity index (χ2v) is 6.43. The van der Waals surface area contributed by atoms with E-state index in [1.165, 1.54) is 4.88 Å². The van der Waals surface area contributed by atoms with Crippen LogP contribution in [0.1, 0.15) is 5.56 Å². The molecule has 2 nitrogen and oxygen atoms in total. The van der Waals surface area contributed by atoms with Gasteiger partial charge in [-0.3, -0.25) is 0 Å². The zero-order chi connectivity index (χ0) is 14.9. The van der Waals surface area contributed by atoms with Crippen LogP contribution in [-0.4, -0.2) is 9.55 Å². The fourth-order valence-electron chi connectivity index (χ4n) is 2.63. The minimum atomic E-state index is 0.716. The van der Waals surface area contributed by atoms with Crippen molar-refractivity contribution >= 4 is 34.0 Å². The molecule has 2 aromatic heterocycles. The van der Waals surface area contributed by atoms with Crippen LogP contribution in [0.5, 0.6) is 0 Å². The molecule has 2 heterocycles. The number of nitrogens with zero attached hydrogens (tertiary/aromatic N) is 2. The Labute approximate surface area is 137 Å². The van der Waals surface area contributed by atoms with Crippen LogP contribution in [0.3, 0.4) is 0 Å². The Kier molecular flexibility index (Phi) is 3.45. The molecule has 0 atom stereocenters. The highest BCUT2D eigenvalue weighted by atomic mass is 35.5. The Morgan fingerprint density at radius 2 is 1.77 bits per heavy atom. The van der Waals surface area contributed by atoms with Gasteiger partial charge in [0.2, 0.25) is 0 Å². The lowest BCUT2D eigenvalue weighted by Gasteiger charge is -2.10. The van der Waals surface area contributed by atoms with Gasteiger partial charge < -0.3 is 4.57 Å². The normalized spacial score (nSPS) is 11.1. The number of aromatic nitrogens is 2. The quantitative estimate of drug-likeness (QED) is 0.489. The Morgan fingerprint density at radius 1 is 0.955 bits per heavy atom. The van der Waals surface area contributed by atoms with E-state index in [4.69, 9.17) is 16.6 Å². The number of halogens is 1. The highest BCUT2D eigenvalue weighted by Gasteiger charge is 2.14. The predicted octanol–water partition coefficient (Wildman–Crippen LogP) is 5.47. The molecule has 0 aliphatic rings. The highest BCUT2D eigenvalue weighted by molar-refractivity contribution is 7.13. The molecule has 0 saturated heterocycles. The fourth-order valence-corrected chi connectivity index (χ4v) is 3.54. The number of hydrogen-bond acceptors (Lipinski definition) is 2. The average Bonchev–Trinajstić information content (AvgIpc) is 3.17. The van der Waals surface area contributed by atoms with Crippen LogP contribution in [0.4, 0.5) is 0 Å². The zero-order valence-electron chi connectivity index (χ0n) is 11.7. The van der Waals surface area contributed by atoms with E-state index in [1.807, 2.05) is 30.3 Å². The van der Waals surface area contributed by atoms with Gasteiger partial charge in [-0.05, 0) is 35.2 Å². The van der Waals surface area contributed by atoms with E-state index in [-0.39, 0.29) is 0 Å². The molecule has 0 aliphatic heterocycles. The standard InChI is InChI=1S/C18H13ClN2S/c19-14-7-2-1-6-13(14)12-21-16-9-4-3-8-15(16)20-18(21)17-10-5-11-22-17/h1-11H,12H2. The van der Waals surface area contributed by atoms with Crippen molar-refractivity contribution in [2.45, 2.75) is 6.54 Å². The third kappa shape index (κ3) is 2.32. The van der Waals surface area contributed by atoms with Gasteiger partial charge in [0.05, 0.1) is 22.5 Å². The molecule has 0 saturated carbocycles. The summed E-state index contributed by atoms with van der Waals surface area (Å²) >= 11 is 8.04. The van der Waals surface area contributed by atoms with Gasteiger partial charge in [0.15, 0.2) is 5.82 Å². The first-order chi connectivity index (χ1) is 10.8. The second kappa shape index (κ2) is 5.59. The Bertz CT molecular complexity index is 925. The lowest BCUT2D eigenvalue weighted by molar-refractivity contribution is 0.836. The van der Waals surface area contributed by atoms with Gasteiger partial charge in [0.1, 0.15) is 0 Å². The van der Waals surface area contributed by atoms with E-state index in [2.05, 4.69) is 40.3 Å². The number of imidazole rings is 1. The van der Waals surface area contributed by atoms with Crippen molar-refractivity contribution < 1.29 is 0 Å². The smallest absolute Gasteiger partial charge is 0.151 e. The maximum absolute atomic E-state index is 6.34. The van der Waals surface area contributed by atoms with Crippen LogP contribution in [0.15, 0.2) is 66.0 Å². The average molecular weight is 325 g/mol. The molecule has 0 spiro atoms. The van der Waals surface area contributed by atoms with Gasteiger partial charge in [-0.25, -0.2) is 4.98 Å². The minimum Gasteiger partial charge on any atom is -0.319 e. The monoisotopic (exact) mass is 324 g/mol. The fraction of sp³-hybridized carbons (Fsp3) is 0.0556. The molecular weight excluding hydrogens is 312 g/mol. The summed E-state index contributed by atoms with van der Waals surface area (Å²) in [4.78, 5) is 5.98. The Hall–Kier alpha value is -2.10. The van der Waals surface area contributed by atoms with E-state index in [1.54, 1.807) is 11.3 Å². The van der Waals surface area contributed by atoms with Gasteiger partial charge in [-0.15, -0.1) is 11.3 Å². The Morgan fingerprint density at radius 3 is 2.59 bits per heavy atom. The predicted molar refractivity (Wildman–Crippen MR) is 93.6 cm³/mol. The molecule has 4 aromatic rings. The molecule has 4 heteroatoms.